The average Bonchev–Trinajstić information content (AvgIpc) is 2.60. The van der Waals surface area contributed by atoms with Gasteiger partial charge in [-0.25, -0.2) is 0 Å². The summed E-state index contributed by atoms with van der Waals surface area (Å²) in [5.41, 5.74) is 5.61. The molecule has 82 valence electrons. The smallest absolute Gasteiger partial charge is 0.226 e. The summed E-state index contributed by atoms with van der Waals surface area (Å²) in [6.45, 7) is 6.66. The molecule has 3 nitrogen and oxygen atoms in total. The molecule has 1 amide bonds. The molecule has 0 aromatic carbocycles. The molecule has 14 heavy (non-hydrogen) atoms. The Bertz CT molecular complexity index is 188. The van der Waals surface area contributed by atoms with E-state index in [1.807, 2.05) is 4.90 Å². The number of nitrogens with two attached hydrogens (primary N) is 1. The fraction of sp³-hybridized carbons (Fsp3) is 0.909. The predicted molar refractivity (Wildman–Crippen MR) is 57.8 cm³/mol. The largest absolute Gasteiger partial charge is 0.342 e. The topological polar surface area (TPSA) is 46.3 Å². The number of likely N-dealkylation sites (tertiary alicyclic amines) is 1. The van der Waals surface area contributed by atoms with Crippen LogP contribution < -0.4 is 5.73 Å². The molecule has 2 unspecified atom stereocenters. The van der Waals surface area contributed by atoms with Crippen molar-refractivity contribution in [2.75, 3.05) is 19.6 Å². The maximum atomic E-state index is 12.0. The molecule has 1 saturated heterocycles. The molecule has 1 fully saturated rings. The molecule has 0 aromatic rings. The molecule has 2 N–H and O–H groups in total. The van der Waals surface area contributed by atoms with E-state index in [2.05, 4.69) is 13.8 Å². The van der Waals surface area contributed by atoms with Crippen LogP contribution in [0.3, 0.4) is 0 Å². The molecule has 1 aliphatic heterocycles. The quantitative estimate of drug-likeness (QED) is 0.738. The third-order valence-corrected chi connectivity index (χ3v) is 3.01. The third kappa shape index (κ3) is 2.71. The van der Waals surface area contributed by atoms with E-state index in [9.17, 15) is 4.79 Å². The normalized spacial score (nSPS) is 23.9. The Morgan fingerprint density at radius 3 is 2.79 bits per heavy atom. The lowest BCUT2D eigenvalue weighted by atomic mass is 10.0. The maximum Gasteiger partial charge on any atom is 0.226 e. The van der Waals surface area contributed by atoms with Gasteiger partial charge in [0.05, 0.1) is 5.92 Å². The number of amides is 1. The lowest BCUT2D eigenvalue weighted by Crippen LogP contribution is -2.37. The van der Waals surface area contributed by atoms with Crippen LogP contribution in [-0.2, 0) is 4.79 Å². The average molecular weight is 198 g/mol. The number of hydrogen-bond acceptors (Lipinski definition) is 2. The van der Waals surface area contributed by atoms with Crippen LogP contribution in [0.15, 0.2) is 0 Å². The third-order valence-electron chi connectivity index (χ3n) is 3.01. The monoisotopic (exact) mass is 198 g/mol. The molecule has 1 heterocycles. The fourth-order valence-electron chi connectivity index (χ4n) is 2.08. The maximum absolute atomic E-state index is 12.0. The molecule has 3 heteroatoms. The first kappa shape index (κ1) is 11.5. The predicted octanol–water partition coefficient (Wildman–Crippen LogP) is 1.23. The van der Waals surface area contributed by atoms with Crippen LogP contribution in [-0.4, -0.2) is 30.4 Å². The second kappa shape index (κ2) is 5.35. The Kier molecular flexibility index (Phi) is 4.39. The van der Waals surface area contributed by atoms with E-state index in [1.54, 1.807) is 0 Å². The minimum atomic E-state index is 0.0605. The SMILES string of the molecule is CCCC(CN)C(=O)N1CCC(C)C1. The van der Waals surface area contributed by atoms with Crippen LogP contribution in [0.1, 0.15) is 33.1 Å². The molecule has 0 aliphatic carbocycles. The zero-order chi connectivity index (χ0) is 10.6. The number of rotatable bonds is 4. The van der Waals surface area contributed by atoms with Gasteiger partial charge >= 0.3 is 0 Å². The number of carbonyl (C=O) groups excluding carboxylic acids is 1. The van der Waals surface area contributed by atoms with Gasteiger partial charge in [0, 0.05) is 19.6 Å². The summed E-state index contributed by atoms with van der Waals surface area (Å²) in [5, 5.41) is 0. The summed E-state index contributed by atoms with van der Waals surface area (Å²) in [7, 11) is 0. The number of hydrogen-bond donors (Lipinski definition) is 1. The van der Waals surface area contributed by atoms with Crippen molar-refractivity contribution in [3.8, 4) is 0 Å². The Morgan fingerprint density at radius 2 is 2.36 bits per heavy atom. The highest BCUT2D eigenvalue weighted by Crippen LogP contribution is 2.18. The number of nitrogens with zero attached hydrogens (tertiary/aromatic N) is 1. The van der Waals surface area contributed by atoms with Crippen LogP contribution in [0.5, 0.6) is 0 Å². The number of carbonyl (C=O) groups is 1. The Balaban J connectivity index is 2.45. The first-order chi connectivity index (χ1) is 6.69. The molecule has 0 radical (unpaired) electrons. The highest BCUT2D eigenvalue weighted by molar-refractivity contribution is 5.79. The Hall–Kier alpha value is -0.570. The van der Waals surface area contributed by atoms with Crippen LogP contribution in [0.25, 0.3) is 0 Å². The zero-order valence-corrected chi connectivity index (χ0v) is 9.33. The Labute approximate surface area is 86.6 Å². The molecule has 0 spiro atoms. The van der Waals surface area contributed by atoms with Crippen LogP contribution in [0.4, 0.5) is 0 Å². The molecule has 1 rings (SSSR count). The van der Waals surface area contributed by atoms with E-state index in [4.69, 9.17) is 5.73 Å². The van der Waals surface area contributed by atoms with E-state index >= 15 is 0 Å². The summed E-state index contributed by atoms with van der Waals surface area (Å²) >= 11 is 0. The molecular weight excluding hydrogens is 176 g/mol. The highest BCUT2D eigenvalue weighted by atomic mass is 16.2. The van der Waals surface area contributed by atoms with Crippen LogP contribution in [0.2, 0.25) is 0 Å². The summed E-state index contributed by atoms with van der Waals surface area (Å²) < 4.78 is 0. The molecular formula is C11H22N2O. The van der Waals surface area contributed by atoms with Gasteiger partial charge in [0.2, 0.25) is 5.91 Å². The van der Waals surface area contributed by atoms with Crippen LogP contribution >= 0.6 is 0 Å². The fourth-order valence-corrected chi connectivity index (χ4v) is 2.08. The van der Waals surface area contributed by atoms with Crippen molar-refractivity contribution in [3.05, 3.63) is 0 Å². The van der Waals surface area contributed by atoms with E-state index < -0.39 is 0 Å². The summed E-state index contributed by atoms with van der Waals surface area (Å²) in [6, 6.07) is 0. The zero-order valence-electron chi connectivity index (χ0n) is 9.33. The van der Waals surface area contributed by atoms with Crippen LogP contribution in [0, 0.1) is 11.8 Å². The lowest BCUT2D eigenvalue weighted by Gasteiger charge is -2.21. The van der Waals surface area contributed by atoms with Gasteiger partial charge in [-0.2, -0.15) is 0 Å². The lowest BCUT2D eigenvalue weighted by molar-refractivity contribution is -0.134. The first-order valence-electron chi connectivity index (χ1n) is 5.67. The minimum absolute atomic E-state index is 0.0605. The van der Waals surface area contributed by atoms with Gasteiger partial charge < -0.3 is 10.6 Å². The van der Waals surface area contributed by atoms with E-state index in [0.717, 1.165) is 32.4 Å². The molecule has 0 aromatic heterocycles. The van der Waals surface area contributed by atoms with Gasteiger partial charge in [0.25, 0.3) is 0 Å². The van der Waals surface area contributed by atoms with Gasteiger partial charge in [0.1, 0.15) is 0 Å². The van der Waals surface area contributed by atoms with Crippen molar-refractivity contribution in [2.24, 2.45) is 17.6 Å². The summed E-state index contributed by atoms with van der Waals surface area (Å²) in [4.78, 5) is 13.9. The van der Waals surface area contributed by atoms with E-state index in [-0.39, 0.29) is 11.8 Å². The van der Waals surface area contributed by atoms with Gasteiger partial charge in [-0.15, -0.1) is 0 Å². The summed E-state index contributed by atoms with van der Waals surface area (Å²) in [5.74, 6) is 1.00. The van der Waals surface area contributed by atoms with E-state index in [0.29, 0.717) is 12.5 Å². The van der Waals surface area contributed by atoms with Gasteiger partial charge in [-0.05, 0) is 18.8 Å². The van der Waals surface area contributed by atoms with Crippen molar-refractivity contribution >= 4 is 5.91 Å². The first-order valence-corrected chi connectivity index (χ1v) is 5.67. The van der Waals surface area contributed by atoms with Gasteiger partial charge in [0.15, 0.2) is 0 Å². The molecule has 0 saturated carbocycles. The molecule has 0 bridgehead atoms. The van der Waals surface area contributed by atoms with Crippen molar-refractivity contribution in [1.82, 2.24) is 4.90 Å². The second-order valence-corrected chi connectivity index (χ2v) is 4.40. The van der Waals surface area contributed by atoms with E-state index in [1.165, 1.54) is 0 Å². The summed E-state index contributed by atoms with van der Waals surface area (Å²) in [6.07, 6.45) is 3.12. The van der Waals surface area contributed by atoms with Gasteiger partial charge in [-0.3, -0.25) is 4.79 Å². The second-order valence-electron chi connectivity index (χ2n) is 4.40. The van der Waals surface area contributed by atoms with Crippen molar-refractivity contribution in [1.29, 1.82) is 0 Å². The standard InChI is InChI=1S/C11H22N2O/c1-3-4-10(7-12)11(14)13-6-5-9(2)8-13/h9-10H,3-8,12H2,1-2H3. The van der Waals surface area contributed by atoms with Crippen molar-refractivity contribution in [3.63, 3.8) is 0 Å². The van der Waals surface area contributed by atoms with Crippen molar-refractivity contribution < 1.29 is 4.79 Å². The highest BCUT2D eigenvalue weighted by Gasteiger charge is 2.27. The van der Waals surface area contributed by atoms with Crippen molar-refractivity contribution in [2.45, 2.75) is 33.1 Å². The van der Waals surface area contributed by atoms with Gasteiger partial charge in [-0.1, -0.05) is 20.3 Å². The minimum Gasteiger partial charge on any atom is -0.342 e. The molecule has 1 aliphatic rings. The molecule has 2 atom stereocenters. The Morgan fingerprint density at radius 1 is 1.64 bits per heavy atom.